The van der Waals surface area contributed by atoms with Crippen molar-refractivity contribution >= 4 is 23.3 Å². The molecule has 0 heterocycles. The van der Waals surface area contributed by atoms with Gasteiger partial charge in [-0.15, -0.1) is 0 Å². The molecule has 0 aliphatic heterocycles. The van der Waals surface area contributed by atoms with E-state index in [-0.39, 0.29) is 28.5 Å². The number of ketones is 1. The van der Waals surface area contributed by atoms with Crippen molar-refractivity contribution in [1.29, 1.82) is 0 Å². The molecule has 25 heavy (non-hydrogen) atoms. The molecule has 0 aliphatic carbocycles. The lowest BCUT2D eigenvalue weighted by atomic mass is 10.1. The van der Waals surface area contributed by atoms with Gasteiger partial charge in [-0.05, 0) is 37.3 Å². The van der Waals surface area contributed by atoms with E-state index in [1.165, 1.54) is 31.2 Å². The number of aromatic hydroxyl groups is 1. The third kappa shape index (κ3) is 4.63. The minimum Gasteiger partial charge on any atom is -0.507 e. The van der Waals surface area contributed by atoms with Gasteiger partial charge in [-0.2, -0.15) is 0 Å². The molecule has 2 aromatic rings. The summed E-state index contributed by atoms with van der Waals surface area (Å²) in [7, 11) is 0. The highest BCUT2D eigenvalue weighted by molar-refractivity contribution is 6.00. The van der Waals surface area contributed by atoms with Gasteiger partial charge in [0.25, 0.3) is 0 Å². The summed E-state index contributed by atoms with van der Waals surface area (Å²) >= 11 is 0. The number of aryl methyl sites for hydroxylation is 1. The number of phenols is 1. The molecule has 2 N–H and O–H groups in total. The van der Waals surface area contributed by atoms with Crippen LogP contribution < -0.4 is 5.32 Å². The number of hydrogen-bond donors (Lipinski definition) is 2. The molecule has 130 valence electrons. The zero-order valence-corrected chi connectivity index (χ0v) is 13.6. The second-order valence-electron chi connectivity index (χ2n) is 5.40. The number of carbonyl (C=O) groups excluding carboxylic acids is 3. The highest BCUT2D eigenvalue weighted by Crippen LogP contribution is 2.20. The SMILES string of the molecule is CC(=O)Nc1ccc(C(=O)COC(=O)c2cc(C)ccc2O)c(F)c1. The number of Topliss-reactive ketones (excluding diaryl/α,β-unsaturated/α-hetero) is 1. The molecule has 0 fully saturated rings. The lowest BCUT2D eigenvalue weighted by Gasteiger charge is -2.08. The number of amides is 1. The normalized spacial score (nSPS) is 10.2. The predicted molar refractivity (Wildman–Crippen MR) is 88.2 cm³/mol. The van der Waals surface area contributed by atoms with Crippen LogP contribution in [0.3, 0.4) is 0 Å². The molecular weight excluding hydrogens is 329 g/mol. The molecule has 0 saturated carbocycles. The summed E-state index contributed by atoms with van der Waals surface area (Å²) in [6.07, 6.45) is 0. The van der Waals surface area contributed by atoms with Crippen molar-refractivity contribution in [3.8, 4) is 5.75 Å². The van der Waals surface area contributed by atoms with Gasteiger partial charge >= 0.3 is 5.97 Å². The Hall–Kier alpha value is -3.22. The number of ether oxygens (including phenoxy) is 1. The standard InChI is InChI=1S/C18H16FNO5/c1-10-3-6-16(22)14(7-10)18(24)25-9-17(23)13-5-4-12(8-15(13)19)20-11(2)21/h3-8,22H,9H2,1-2H3,(H,20,21). The third-order valence-electron chi connectivity index (χ3n) is 3.30. The van der Waals surface area contributed by atoms with E-state index in [1.807, 2.05) is 0 Å². The Bertz CT molecular complexity index is 847. The van der Waals surface area contributed by atoms with Crippen LogP contribution in [0.15, 0.2) is 36.4 Å². The maximum Gasteiger partial charge on any atom is 0.342 e. The van der Waals surface area contributed by atoms with Gasteiger partial charge in [0.1, 0.15) is 17.1 Å². The van der Waals surface area contributed by atoms with Gasteiger partial charge in [0.15, 0.2) is 6.61 Å². The van der Waals surface area contributed by atoms with Gasteiger partial charge in [0, 0.05) is 12.6 Å². The van der Waals surface area contributed by atoms with Crippen LogP contribution in [0.1, 0.15) is 33.2 Å². The summed E-state index contributed by atoms with van der Waals surface area (Å²) in [5.74, 6) is -3.11. The number of hydrogen-bond acceptors (Lipinski definition) is 5. The smallest absolute Gasteiger partial charge is 0.342 e. The van der Waals surface area contributed by atoms with Crippen molar-refractivity contribution in [2.75, 3.05) is 11.9 Å². The summed E-state index contributed by atoms with van der Waals surface area (Å²) < 4.78 is 18.8. The molecule has 0 radical (unpaired) electrons. The van der Waals surface area contributed by atoms with E-state index in [2.05, 4.69) is 5.32 Å². The highest BCUT2D eigenvalue weighted by Gasteiger charge is 2.18. The van der Waals surface area contributed by atoms with Crippen molar-refractivity contribution in [3.05, 3.63) is 58.9 Å². The molecule has 7 heteroatoms. The Balaban J connectivity index is 2.06. The van der Waals surface area contributed by atoms with E-state index < -0.39 is 24.2 Å². The lowest BCUT2D eigenvalue weighted by molar-refractivity contribution is -0.114. The largest absolute Gasteiger partial charge is 0.507 e. The molecule has 2 aromatic carbocycles. The number of anilines is 1. The molecule has 0 aliphatic rings. The van der Waals surface area contributed by atoms with Crippen molar-refractivity contribution in [3.63, 3.8) is 0 Å². The van der Waals surface area contributed by atoms with Crippen molar-refractivity contribution < 1.29 is 28.6 Å². The molecule has 1 amide bonds. The van der Waals surface area contributed by atoms with Crippen LogP contribution in [0.25, 0.3) is 0 Å². The van der Waals surface area contributed by atoms with Gasteiger partial charge in [0.2, 0.25) is 11.7 Å². The average Bonchev–Trinajstić information content (AvgIpc) is 2.54. The van der Waals surface area contributed by atoms with Crippen LogP contribution in [0, 0.1) is 12.7 Å². The van der Waals surface area contributed by atoms with Crippen LogP contribution in [-0.4, -0.2) is 29.4 Å². The first-order valence-corrected chi connectivity index (χ1v) is 7.35. The molecule has 0 saturated heterocycles. The van der Waals surface area contributed by atoms with E-state index in [0.717, 1.165) is 11.6 Å². The van der Waals surface area contributed by atoms with Crippen molar-refractivity contribution in [2.24, 2.45) is 0 Å². The number of nitrogens with one attached hydrogen (secondary N) is 1. The van der Waals surface area contributed by atoms with Gasteiger partial charge in [-0.25, -0.2) is 9.18 Å². The monoisotopic (exact) mass is 345 g/mol. The fourth-order valence-electron chi connectivity index (χ4n) is 2.12. The highest BCUT2D eigenvalue weighted by atomic mass is 19.1. The fourth-order valence-corrected chi connectivity index (χ4v) is 2.12. The molecular formula is C18H16FNO5. The van der Waals surface area contributed by atoms with E-state index in [0.29, 0.717) is 0 Å². The molecule has 0 spiro atoms. The lowest BCUT2D eigenvalue weighted by Crippen LogP contribution is -2.16. The summed E-state index contributed by atoms with van der Waals surface area (Å²) in [5, 5.41) is 12.0. The quantitative estimate of drug-likeness (QED) is 0.642. The summed E-state index contributed by atoms with van der Waals surface area (Å²) in [4.78, 5) is 34.9. The zero-order chi connectivity index (χ0) is 18.6. The van der Waals surface area contributed by atoms with Crippen molar-refractivity contribution in [1.82, 2.24) is 0 Å². The third-order valence-corrected chi connectivity index (χ3v) is 3.30. The summed E-state index contributed by atoms with van der Waals surface area (Å²) in [6, 6.07) is 7.94. The second kappa shape index (κ2) is 7.57. The van der Waals surface area contributed by atoms with E-state index >= 15 is 0 Å². The molecule has 2 rings (SSSR count). The summed E-state index contributed by atoms with van der Waals surface area (Å²) in [6.45, 7) is 2.33. The second-order valence-corrected chi connectivity index (χ2v) is 5.40. The van der Waals surface area contributed by atoms with Crippen LogP contribution in [0.4, 0.5) is 10.1 Å². The topological polar surface area (TPSA) is 92.7 Å². The van der Waals surface area contributed by atoms with E-state index in [1.54, 1.807) is 13.0 Å². The number of carbonyl (C=O) groups is 3. The Morgan fingerprint density at radius 3 is 2.48 bits per heavy atom. The first-order chi connectivity index (χ1) is 11.8. The van der Waals surface area contributed by atoms with Gasteiger partial charge in [-0.1, -0.05) is 11.6 Å². The van der Waals surface area contributed by atoms with Gasteiger partial charge in [0.05, 0.1) is 5.56 Å². The summed E-state index contributed by atoms with van der Waals surface area (Å²) in [5.41, 5.74) is 0.601. The fraction of sp³-hybridized carbons (Fsp3) is 0.167. The number of rotatable bonds is 5. The molecule has 0 bridgehead atoms. The van der Waals surface area contributed by atoms with Gasteiger partial charge in [-0.3, -0.25) is 9.59 Å². The minimum absolute atomic E-state index is 0.0747. The number of halogens is 1. The van der Waals surface area contributed by atoms with Gasteiger partial charge < -0.3 is 15.2 Å². The Morgan fingerprint density at radius 1 is 1.12 bits per heavy atom. The number of benzene rings is 2. The maximum atomic E-state index is 14.0. The van der Waals surface area contributed by atoms with Crippen LogP contribution >= 0.6 is 0 Å². The minimum atomic E-state index is -0.884. The van der Waals surface area contributed by atoms with E-state index in [9.17, 15) is 23.9 Å². The predicted octanol–water partition coefficient (Wildman–Crippen LogP) is 2.84. The molecule has 0 aromatic heterocycles. The first kappa shape index (κ1) is 18.1. The Labute approximate surface area is 143 Å². The average molecular weight is 345 g/mol. The van der Waals surface area contributed by atoms with Crippen LogP contribution in [0.2, 0.25) is 0 Å². The molecule has 6 nitrogen and oxygen atoms in total. The van der Waals surface area contributed by atoms with E-state index in [4.69, 9.17) is 4.74 Å². The molecule has 0 unspecified atom stereocenters. The van der Waals surface area contributed by atoms with Crippen LogP contribution in [0.5, 0.6) is 5.75 Å². The molecule has 0 atom stereocenters. The number of phenolic OH excluding ortho intramolecular Hbond substituents is 1. The number of esters is 1. The Kier molecular flexibility index (Phi) is 5.49. The maximum absolute atomic E-state index is 14.0. The first-order valence-electron chi connectivity index (χ1n) is 7.35. The van der Waals surface area contributed by atoms with Crippen LogP contribution in [-0.2, 0) is 9.53 Å². The zero-order valence-electron chi connectivity index (χ0n) is 13.6. The Morgan fingerprint density at radius 2 is 1.84 bits per heavy atom. The van der Waals surface area contributed by atoms with Crippen molar-refractivity contribution in [2.45, 2.75) is 13.8 Å².